The minimum Gasteiger partial charge on any atom is -0.369 e. The molecule has 0 saturated carbocycles. The molecule has 19 heavy (non-hydrogen) atoms. The molecule has 1 aromatic heterocycles. The van der Waals surface area contributed by atoms with Crippen molar-refractivity contribution in [1.29, 1.82) is 0 Å². The summed E-state index contributed by atoms with van der Waals surface area (Å²) in [6.45, 7) is 1.96. The summed E-state index contributed by atoms with van der Waals surface area (Å²) in [5.74, 6) is 0.461. The third-order valence-corrected chi connectivity index (χ3v) is 4.58. The van der Waals surface area contributed by atoms with Crippen molar-refractivity contribution in [3.63, 3.8) is 0 Å². The fraction of sp³-hybridized carbons (Fsp3) is 0.333. The molecule has 2 nitrogen and oxygen atoms in total. The Morgan fingerprint density at radius 2 is 2.16 bits per heavy atom. The van der Waals surface area contributed by atoms with Crippen molar-refractivity contribution < 1.29 is 0 Å². The minimum absolute atomic E-state index is 0.220. The van der Waals surface area contributed by atoms with E-state index in [9.17, 15) is 0 Å². The number of hydrogen-bond acceptors (Lipinski definition) is 3. The lowest BCUT2D eigenvalue weighted by Crippen LogP contribution is -2.46. The van der Waals surface area contributed by atoms with E-state index in [1.807, 2.05) is 12.1 Å². The molecule has 1 saturated heterocycles. The molecule has 1 aliphatic heterocycles. The van der Waals surface area contributed by atoms with Gasteiger partial charge in [-0.3, -0.25) is 0 Å². The number of benzene rings is 1. The highest BCUT2D eigenvalue weighted by Gasteiger charge is 2.26. The van der Waals surface area contributed by atoms with Crippen molar-refractivity contribution in [2.75, 3.05) is 18.0 Å². The average Bonchev–Trinajstić information content (AvgIpc) is 2.92. The van der Waals surface area contributed by atoms with Gasteiger partial charge in [0.1, 0.15) is 0 Å². The highest BCUT2D eigenvalue weighted by molar-refractivity contribution is 7.08. The van der Waals surface area contributed by atoms with Gasteiger partial charge in [0, 0.05) is 41.1 Å². The summed E-state index contributed by atoms with van der Waals surface area (Å²) in [4.78, 5) is 2.39. The topological polar surface area (TPSA) is 29.3 Å². The summed E-state index contributed by atoms with van der Waals surface area (Å²) in [6, 6.07) is 10.5. The standard InChI is InChI=1S/C15H17ClN2S/c16-13-3-1-2-11(6-13)12-7-14(17)9-18(8-12)15-4-5-19-10-15/h1-6,10,12,14H,7-9,17H2. The summed E-state index contributed by atoms with van der Waals surface area (Å²) in [6.07, 6.45) is 1.03. The summed E-state index contributed by atoms with van der Waals surface area (Å²) in [5.41, 5.74) is 8.80. The van der Waals surface area contributed by atoms with Gasteiger partial charge in [0.05, 0.1) is 0 Å². The third-order valence-electron chi connectivity index (χ3n) is 3.67. The molecule has 1 aromatic carbocycles. The van der Waals surface area contributed by atoms with Crippen LogP contribution in [0, 0.1) is 0 Å². The maximum absolute atomic E-state index is 6.23. The Morgan fingerprint density at radius 1 is 1.26 bits per heavy atom. The molecule has 2 N–H and O–H groups in total. The number of anilines is 1. The van der Waals surface area contributed by atoms with Crippen LogP contribution in [0.3, 0.4) is 0 Å². The van der Waals surface area contributed by atoms with E-state index in [1.165, 1.54) is 11.3 Å². The predicted octanol–water partition coefficient (Wildman–Crippen LogP) is 3.72. The number of hydrogen-bond donors (Lipinski definition) is 1. The van der Waals surface area contributed by atoms with Gasteiger partial charge in [-0.15, -0.1) is 0 Å². The largest absolute Gasteiger partial charge is 0.369 e. The van der Waals surface area contributed by atoms with Crippen LogP contribution in [0.4, 0.5) is 5.69 Å². The van der Waals surface area contributed by atoms with Gasteiger partial charge in [-0.05, 0) is 35.6 Å². The molecule has 100 valence electrons. The highest BCUT2D eigenvalue weighted by Crippen LogP contribution is 2.31. The lowest BCUT2D eigenvalue weighted by molar-refractivity contribution is 0.454. The molecule has 4 heteroatoms. The Bertz CT molecular complexity index is 541. The van der Waals surface area contributed by atoms with E-state index in [4.69, 9.17) is 17.3 Å². The van der Waals surface area contributed by atoms with Crippen LogP contribution in [-0.4, -0.2) is 19.1 Å². The van der Waals surface area contributed by atoms with Crippen LogP contribution in [0.5, 0.6) is 0 Å². The molecule has 2 aromatic rings. The fourth-order valence-corrected chi connectivity index (χ4v) is 3.65. The van der Waals surface area contributed by atoms with Crippen LogP contribution in [0.1, 0.15) is 17.9 Å². The lowest BCUT2D eigenvalue weighted by Gasteiger charge is -2.37. The van der Waals surface area contributed by atoms with E-state index in [0.717, 1.165) is 24.5 Å². The zero-order valence-corrected chi connectivity index (χ0v) is 12.2. The van der Waals surface area contributed by atoms with E-state index >= 15 is 0 Å². The van der Waals surface area contributed by atoms with Gasteiger partial charge < -0.3 is 10.6 Å². The average molecular weight is 293 g/mol. The molecule has 2 atom stereocenters. The van der Waals surface area contributed by atoms with Crippen LogP contribution in [-0.2, 0) is 0 Å². The second-order valence-corrected chi connectivity index (χ2v) is 6.35. The van der Waals surface area contributed by atoms with Crippen molar-refractivity contribution in [3.8, 4) is 0 Å². The SMILES string of the molecule is NC1CC(c2cccc(Cl)c2)CN(c2ccsc2)C1. The van der Waals surface area contributed by atoms with Crippen LogP contribution in [0.15, 0.2) is 41.1 Å². The number of nitrogens with two attached hydrogens (primary N) is 1. The van der Waals surface area contributed by atoms with Gasteiger partial charge in [0.15, 0.2) is 0 Å². The van der Waals surface area contributed by atoms with Crippen LogP contribution in [0.25, 0.3) is 0 Å². The number of thiophene rings is 1. The number of piperidine rings is 1. The highest BCUT2D eigenvalue weighted by atomic mass is 35.5. The Labute approximate surface area is 122 Å². The molecule has 3 rings (SSSR count). The monoisotopic (exact) mass is 292 g/mol. The first-order valence-corrected chi connectivity index (χ1v) is 7.82. The molecular weight excluding hydrogens is 276 g/mol. The summed E-state index contributed by atoms with van der Waals surface area (Å²) in [5, 5.41) is 5.11. The number of rotatable bonds is 2. The maximum Gasteiger partial charge on any atom is 0.0475 e. The molecule has 2 unspecified atom stereocenters. The minimum atomic E-state index is 0.220. The van der Waals surface area contributed by atoms with E-state index in [2.05, 4.69) is 33.9 Å². The summed E-state index contributed by atoms with van der Waals surface area (Å²) < 4.78 is 0. The lowest BCUT2D eigenvalue weighted by atomic mass is 9.88. The maximum atomic E-state index is 6.23. The Morgan fingerprint density at radius 3 is 2.89 bits per heavy atom. The zero-order chi connectivity index (χ0) is 13.2. The quantitative estimate of drug-likeness (QED) is 0.914. The smallest absolute Gasteiger partial charge is 0.0475 e. The van der Waals surface area contributed by atoms with Gasteiger partial charge in [0.25, 0.3) is 0 Å². The second kappa shape index (κ2) is 5.53. The van der Waals surface area contributed by atoms with Crippen molar-refractivity contribution >= 4 is 28.6 Å². The number of halogens is 1. The Hall–Kier alpha value is -1.03. The van der Waals surface area contributed by atoms with Gasteiger partial charge in [-0.25, -0.2) is 0 Å². The first-order chi connectivity index (χ1) is 9.22. The summed E-state index contributed by atoms with van der Waals surface area (Å²) >= 11 is 7.82. The van der Waals surface area contributed by atoms with E-state index in [-0.39, 0.29) is 6.04 Å². The number of nitrogens with zero attached hydrogens (tertiary/aromatic N) is 1. The van der Waals surface area contributed by atoms with Crippen molar-refractivity contribution in [1.82, 2.24) is 0 Å². The Kier molecular flexibility index (Phi) is 3.78. The van der Waals surface area contributed by atoms with E-state index in [0.29, 0.717) is 5.92 Å². The van der Waals surface area contributed by atoms with Crippen LogP contribution < -0.4 is 10.6 Å². The summed E-state index contributed by atoms with van der Waals surface area (Å²) in [7, 11) is 0. The second-order valence-electron chi connectivity index (χ2n) is 5.13. The van der Waals surface area contributed by atoms with Crippen molar-refractivity contribution in [2.24, 2.45) is 5.73 Å². The predicted molar refractivity (Wildman–Crippen MR) is 83.3 cm³/mol. The van der Waals surface area contributed by atoms with Crippen molar-refractivity contribution in [3.05, 3.63) is 51.7 Å². The van der Waals surface area contributed by atoms with Gasteiger partial charge in [-0.2, -0.15) is 11.3 Å². The first-order valence-electron chi connectivity index (χ1n) is 6.50. The Balaban J connectivity index is 1.83. The molecule has 2 heterocycles. The van der Waals surface area contributed by atoms with Crippen LogP contribution in [0.2, 0.25) is 5.02 Å². The van der Waals surface area contributed by atoms with E-state index < -0.39 is 0 Å². The molecule has 0 aliphatic carbocycles. The molecule has 1 aliphatic rings. The van der Waals surface area contributed by atoms with Gasteiger partial charge >= 0.3 is 0 Å². The molecule has 0 radical (unpaired) electrons. The molecule has 1 fully saturated rings. The van der Waals surface area contributed by atoms with Gasteiger partial charge in [0.2, 0.25) is 0 Å². The van der Waals surface area contributed by atoms with Crippen molar-refractivity contribution in [2.45, 2.75) is 18.4 Å². The first kappa shape index (κ1) is 13.0. The molecular formula is C15H17ClN2S. The molecule has 0 amide bonds. The van der Waals surface area contributed by atoms with Crippen LogP contribution >= 0.6 is 22.9 Å². The third kappa shape index (κ3) is 2.94. The molecule has 0 spiro atoms. The molecule has 0 bridgehead atoms. The fourth-order valence-electron chi connectivity index (χ4n) is 2.79. The normalized spacial score (nSPS) is 23.6. The zero-order valence-electron chi connectivity index (χ0n) is 10.6. The van der Waals surface area contributed by atoms with Gasteiger partial charge in [-0.1, -0.05) is 23.7 Å². The van der Waals surface area contributed by atoms with E-state index in [1.54, 1.807) is 11.3 Å².